The number of hydrogen-bond acceptors (Lipinski definition) is 7. The molecule has 3 heterocycles. The molecular formula is C28H32FN5O5. The second kappa shape index (κ2) is 11.1. The molecule has 206 valence electrons. The van der Waals surface area contributed by atoms with E-state index in [9.17, 15) is 23.6 Å². The topological polar surface area (TPSA) is 116 Å². The van der Waals surface area contributed by atoms with Crippen LogP contribution in [-0.2, 0) is 9.53 Å². The van der Waals surface area contributed by atoms with Gasteiger partial charge < -0.3 is 15.0 Å². The number of likely N-dealkylation sites (tertiary alicyclic amines) is 1. The van der Waals surface area contributed by atoms with E-state index in [1.165, 1.54) is 22.3 Å². The highest BCUT2D eigenvalue weighted by atomic mass is 19.1. The SMILES string of the molecule is COC(=O)c1cccc(-n2c(=O)n([C@H]3CC[C@@H](NC(=O)C4CCN(C)CC4)CC3)c(=O)c3cc(F)cnc32)c1. The Kier molecular flexibility index (Phi) is 7.60. The summed E-state index contributed by atoms with van der Waals surface area (Å²) in [4.78, 5) is 58.5. The molecule has 1 amide bonds. The zero-order valence-corrected chi connectivity index (χ0v) is 22.1. The van der Waals surface area contributed by atoms with Gasteiger partial charge in [-0.05, 0) is 82.9 Å². The van der Waals surface area contributed by atoms with Crippen LogP contribution < -0.4 is 16.6 Å². The van der Waals surface area contributed by atoms with Crippen LogP contribution in [-0.4, -0.2) is 64.2 Å². The largest absolute Gasteiger partial charge is 0.465 e. The number of carbonyl (C=O) groups is 2. The lowest BCUT2D eigenvalue weighted by Gasteiger charge is -2.33. The molecule has 2 aromatic heterocycles. The van der Waals surface area contributed by atoms with E-state index in [4.69, 9.17) is 4.74 Å². The number of fused-ring (bicyclic) bond motifs is 1. The van der Waals surface area contributed by atoms with Crippen LogP contribution in [0.5, 0.6) is 0 Å². The summed E-state index contributed by atoms with van der Waals surface area (Å²) in [5.74, 6) is -1.19. The number of methoxy groups -OCH3 is 1. The van der Waals surface area contributed by atoms with Gasteiger partial charge in [-0.3, -0.25) is 14.2 Å². The monoisotopic (exact) mass is 537 g/mol. The third-order valence-corrected chi connectivity index (χ3v) is 7.91. The molecule has 0 unspecified atom stereocenters. The first kappa shape index (κ1) is 26.7. The Balaban J connectivity index is 1.45. The number of amides is 1. The van der Waals surface area contributed by atoms with Crippen LogP contribution in [0, 0.1) is 11.7 Å². The van der Waals surface area contributed by atoms with Crippen molar-refractivity contribution in [3.05, 3.63) is 68.7 Å². The highest BCUT2D eigenvalue weighted by Crippen LogP contribution is 2.28. The summed E-state index contributed by atoms with van der Waals surface area (Å²) in [6.45, 7) is 1.81. The van der Waals surface area contributed by atoms with Crippen LogP contribution in [0.1, 0.15) is 54.9 Å². The van der Waals surface area contributed by atoms with Gasteiger partial charge in [0.05, 0.1) is 29.9 Å². The Morgan fingerprint density at radius 2 is 1.77 bits per heavy atom. The molecule has 11 heteroatoms. The maximum absolute atomic E-state index is 14.2. The fraction of sp³-hybridized carbons (Fsp3) is 0.464. The smallest absolute Gasteiger partial charge is 0.337 e. The highest BCUT2D eigenvalue weighted by molar-refractivity contribution is 5.90. The number of benzene rings is 1. The van der Waals surface area contributed by atoms with Crippen LogP contribution in [0.4, 0.5) is 4.39 Å². The lowest BCUT2D eigenvalue weighted by molar-refractivity contribution is -0.127. The average Bonchev–Trinajstić information content (AvgIpc) is 2.94. The van der Waals surface area contributed by atoms with Crippen molar-refractivity contribution in [2.24, 2.45) is 5.92 Å². The number of piperidine rings is 1. The van der Waals surface area contributed by atoms with Crippen molar-refractivity contribution in [2.75, 3.05) is 27.2 Å². The second-order valence-corrected chi connectivity index (χ2v) is 10.5. The predicted molar refractivity (Wildman–Crippen MR) is 143 cm³/mol. The van der Waals surface area contributed by atoms with Crippen molar-refractivity contribution in [3.8, 4) is 5.69 Å². The lowest BCUT2D eigenvalue weighted by Crippen LogP contribution is -2.47. The van der Waals surface area contributed by atoms with Crippen LogP contribution in [0.25, 0.3) is 16.7 Å². The molecule has 2 fully saturated rings. The molecule has 1 saturated carbocycles. The van der Waals surface area contributed by atoms with Gasteiger partial charge in [-0.1, -0.05) is 6.07 Å². The fourth-order valence-electron chi connectivity index (χ4n) is 5.70. The highest BCUT2D eigenvalue weighted by Gasteiger charge is 2.30. The summed E-state index contributed by atoms with van der Waals surface area (Å²) in [6.07, 6.45) is 4.87. The molecule has 3 aromatic rings. The van der Waals surface area contributed by atoms with Crippen molar-refractivity contribution >= 4 is 22.9 Å². The zero-order chi connectivity index (χ0) is 27.7. The van der Waals surface area contributed by atoms with Gasteiger partial charge in [0.25, 0.3) is 5.56 Å². The first-order chi connectivity index (χ1) is 18.8. The first-order valence-corrected chi connectivity index (χ1v) is 13.3. The van der Waals surface area contributed by atoms with E-state index in [-0.39, 0.29) is 34.5 Å². The van der Waals surface area contributed by atoms with Gasteiger partial charge in [0, 0.05) is 18.0 Å². The molecule has 39 heavy (non-hydrogen) atoms. The summed E-state index contributed by atoms with van der Waals surface area (Å²) in [6, 6.07) is 6.86. The van der Waals surface area contributed by atoms with Gasteiger partial charge in [0.2, 0.25) is 5.91 Å². The maximum atomic E-state index is 14.2. The molecule has 1 aliphatic heterocycles. The number of rotatable bonds is 5. The minimum atomic E-state index is -0.694. The molecule has 1 N–H and O–H groups in total. The summed E-state index contributed by atoms with van der Waals surface area (Å²) >= 11 is 0. The van der Waals surface area contributed by atoms with E-state index in [1.807, 2.05) is 0 Å². The van der Waals surface area contributed by atoms with Crippen molar-refractivity contribution in [2.45, 2.75) is 50.6 Å². The van der Waals surface area contributed by atoms with E-state index in [0.29, 0.717) is 31.4 Å². The molecule has 0 bridgehead atoms. The Labute approximate surface area is 224 Å². The number of carbonyl (C=O) groups excluding carboxylic acids is 2. The number of nitrogens with one attached hydrogen (secondary N) is 1. The molecule has 1 aliphatic carbocycles. The first-order valence-electron chi connectivity index (χ1n) is 13.3. The van der Waals surface area contributed by atoms with E-state index in [1.54, 1.807) is 18.2 Å². The normalized spacial score (nSPS) is 20.6. The minimum absolute atomic E-state index is 0.00346. The van der Waals surface area contributed by atoms with Gasteiger partial charge in [0.1, 0.15) is 5.82 Å². The molecule has 0 spiro atoms. The molecular weight excluding hydrogens is 505 g/mol. The van der Waals surface area contributed by atoms with E-state index >= 15 is 0 Å². The summed E-state index contributed by atoms with van der Waals surface area (Å²) in [5.41, 5.74) is -0.701. The number of hydrogen-bond donors (Lipinski definition) is 1. The van der Waals surface area contributed by atoms with Crippen molar-refractivity contribution in [1.82, 2.24) is 24.3 Å². The van der Waals surface area contributed by atoms with Crippen LogP contribution in [0.3, 0.4) is 0 Å². The second-order valence-electron chi connectivity index (χ2n) is 10.5. The fourth-order valence-corrected chi connectivity index (χ4v) is 5.70. The van der Waals surface area contributed by atoms with Crippen LogP contribution >= 0.6 is 0 Å². The van der Waals surface area contributed by atoms with E-state index < -0.39 is 29.1 Å². The zero-order valence-electron chi connectivity index (χ0n) is 22.1. The number of nitrogens with zero attached hydrogens (tertiary/aromatic N) is 4. The van der Waals surface area contributed by atoms with Crippen molar-refractivity contribution < 1.29 is 18.7 Å². The minimum Gasteiger partial charge on any atom is -0.465 e. The molecule has 5 rings (SSSR count). The third kappa shape index (κ3) is 5.36. The van der Waals surface area contributed by atoms with E-state index in [0.717, 1.165) is 38.2 Å². The standard InChI is InChI=1S/C28H32FN5O5/c1-32-12-10-17(11-13-32)25(35)31-20-6-8-21(9-7-20)34-26(36)23-15-19(29)16-30-24(23)33(28(34)38)22-5-3-4-18(14-22)27(37)39-2/h3-5,14-17,20-21H,6-13H2,1-2H3,(H,31,35)/t20-,21+. The molecule has 0 atom stereocenters. The Bertz CT molecular complexity index is 1520. The van der Waals surface area contributed by atoms with Gasteiger partial charge in [-0.2, -0.15) is 0 Å². The van der Waals surface area contributed by atoms with Crippen LogP contribution in [0.2, 0.25) is 0 Å². The number of esters is 1. The Hall–Kier alpha value is -3.86. The van der Waals surface area contributed by atoms with Crippen molar-refractivity contribution in [3.63, 3.8) is 0 Å². The van der Waals surface area contributed by atoms with Gasteiger partial charge in [-0.15, -0.1) is 0 Å². The van der Waals surface area contributed by atoms with Gasteiger partial charge >= 0.3 is 11.7 Å². The average molecular weight is 538 g/mol. The Morgan fingerprint density at radius 3 is 2.46 bits per heavy atom. The molecule has 1 aromatic carbocycles. The number of ether oxygens (including phenoxy) is 1. The van der Waals surface area contributed by atoms with Gasteiger partial charge in [0.15, 0.2) is 5.65 Å². The predicted octanol–water partition coefficient (Wildman–Crippen LogP) is 2.41. The number of aromatic nitrogens is 3. The lowest BCUT2D eigenvalue weighted by atomic mass is 9.89. The Morgan fingerprint density at radius 1 is 1.05 bits per heavy atom. The quantitative estimate of drug-likeness (QED) is 0.497. The summed E-state index contributed by atoms with van der Waals surface area (Å²) in [5, 5.41) is 3.14. The summed E-state index contributed by atoms with van der Waals surface area (Å²) < 4.78 is 21.4. The molecule has 0 radical (unpaired) electrons. The number of halogens is 1. The molecule has 2 aliphatic rings. The van der Waals surface area contributed by atoms with Crippen LogP contribution in [0.15, 0.2) is 46.1 Å². The third-order valence-electron chi connectivity index (χ3n) is 7.91. The maximum Gasteiger partial charge on any atom is 0.337 e. The molecule has 10 nitrogen and oxygen atoms in total. The molecule has 1 saturated heterocycles. The number of pyridine rings is 1. The summed E-state index contributed by atoms with van der Waals surface area (Å²) in [7, 11) is 3.31. The van der Waals surface area contributed by atoms with Gasteiger partial charge in [-0.25, -0.2) is 23.5 Å². The van der Waals surface area contributed by atoms with E-state index in [2.05, 4.69) is 22.2 Å². The van der Waals surface area contributed by atoms with Crippen molar-refractivity contribution in [1.29, 1.82) is 0 Å².